The van der Waals surface area contributed by atoms with Crippen LogP contribution in [0.4, 0.5) is 0 Å². The molecule has 0 fully saturated rings. The monoisotopic (exact) mass is 334 g/mol. The van der Waals surface area contributed by atoms with Crippen LogP contribution in [0.15, 0.2) is 45.8 Å². The van der Waals surface area contributed by atoms with Gasteiger partial charge >= 0.3 is 5.91 Å². The van der Waals surface area contributed by atoms with E-state index in [4.69, 9.17) is 11.6 Å². The lowest BCUT2D eigenvalue weighted by molar-refractivity contribution is -0.437. The molecular formula is C15H13ClN3O2S+. The number of thiophene rings is 1. The molecule has 5 nitrogen and oxygen atoms in total. The lowest BCUT2D eigenvalue weighted by atomic mass is 9.96. The van der Waals surface area contributed by atoms with Crippen molar-refractivity contribution in [3.63, 3.8) is 0 Å². The highest BCUT2D eigenvalue weighted by Crippen LogP contribution is 2.20. The average molecular weight is 335 g/mol. The minimum absolute atomic E-state index is 0.0489. The molecule has 1 unspecified atom stereocenters. The van der Waals surface area contributed by atoms with Crippen LogP contribution in [-0.4, -0.2) is 35.0 Å². The predicted octanol–water partition coefficient (Wildman–Crippen LogP) is 1.70. The molecule has 0 bridgehead atoms. The van der Waals surface area contributed by atoms with Crippen LogP contribution in [0.3, 0.4) is 0 Å². The molecule has 0 aromatic carbocycles. The lowest BCUT2D eigenvalue weighted by Gasteiger charge is -2.15. The Labute approximate surface area is 136 Å². The summed E-state index contributed by atoms with van der Waals surface area (Å²) in [7, 11) is 0. The molecule has 0 spiro atoms. The summed E-state index contributed by atoms with van der Waals surface area (Å²) in [5, 5.41) is 5.24. The molecule has 7 heteroatoms. The van der Waals surface area contributed by atoms with Crippen molar-refractivity contribution in [3.05, 3.63) is 45.7 Å². The van der Waals surface area contributed by atoms with Crippen molar-refractivity contribution < 1.29 is 14.2 Å². The van der Waals surface area contributed by atoms with Gasteiger partial charge in [-0.15, -0.1) is 11.3 Å². The van der Waals surface area contributed by atoms with Gasteiger partial charge in [0.2, 0.25) is 0 Å². The van der Waals surface area contributed by atoms with E-state index in [9.17, 15) is 9.59 Å². The van der Waals surface area contributed by atoms with Crippen molar-refractivity contribution in [2.75, 3.05) is 6.54 Å². The summed E-state index contributed by atoms with van der Waals surface area (Å²) >= 11 is 7.49. The highest BCUT2D eigenvalue weighted by atomic mass is 35.5. The number of rotatable bonds is 4. The molecule has 0 saturated heterocycles. The maximum atomic E-state index is 12.4. The van der Waals surface area contributed by atoms with Gasteiger partial charge in [0.25, 0.3) is 12.2 Å². The Hall–Kier alpha value is -2.05. The highest BCUT2D eigenvalue weighted by molar-refractivity contribution is 7.09. The summed E-state index contributed by atoms with van der Waals surface area (Å²) in [6.45, 7) is 0.414. The second-order valence-corrected chi connectivity index (χ2v) is 6.32. The van der Waals surface area contributed by atoms with Gasteiger partial charge < -0.3 is 5.32 Å². The highest BCUT2D eigenvalue weighted by Gasteiger charge is 2.35. The number of halogens is 1. The van der Waals surface area contributed by atoms with Gasteiger partial charge in [-0.1, -0.05) is 22.7 Å². The number of nitrogens with zero attached hydrogens (tertiary/aromatic N) is 2. The Morgan fingerprint density at radius 3 is 3.09 bits per heavy atom. The molecule has 1 aromatic heterocycles. The molecule has 1 aliphatic heterocycles. The molecule has 3 rings (SSSR count). The minimum atomic E-state index is -0.507. The second-order valence-electron chi connectivity index (χ2n) is 4.85. The van der Waals surface area contributed by atoms with Crippen LogP contribution >= 0.6 is 22.9 Å². The maximum absolute atomic E-state index is 12.4. The number of carbonyl (C=O) groups excluding carboxylic acids is 2. The third-order valence-corrected chi connectivity index (χ3v) is 4.44. The molecule has 0 saturated carbocycles. The molecule has 2 amide bonds. The van der Waals surface area contributed by atoms with E-state index in [1.807, 2.05) is 17.5 Å². The number of hydrogen-bond donors (Lipinski definition) is 1. The largest absolute Gasteiger partial charge is 0.348 e. The van der Waals surface area contributed by atoms with Crippen LogP contribution < -0.4 is 5.32 Å². The summed E-state index contributed by atoms with van der Waals surface area (Å²) in [5.74, 6) is -0.926. The van der Waals surface area contributed by atoms with Crippen molar-refractivity contribution in [1.82, 2.24) is 5.32 Å². The summed E-state index contributed by atoms with van der Waals surface area (Å²) in [6, 6.07) is 3.87. The SMILES string of the molecule is O=C(C[N+]1=CN=C2C=CC(Cl)=CC2C1=O)NCc1cccs1. The number of aliphatic imine (C=N–C) groups is 1. The zero-order chi connectivity index (χ0) is 15.5. The Morgan fingerprint density at radius 1 is 1.45 bits per heavy atom. The zero-order valence-corrected chi connectivity index (χ0v) is 13.1. The Balaban J connectivity index is 1.64. The molecule has 1 aromatic rings. The Kier molecular flexibility index (Phi) is 4.31. The van der Waals surface area contributed by atoms with E-state index in [-0.39, 0.29) is 18.4 Å². The van der Waals surface area contributed by atoms with E-state index in [0.29, 0.717) is 17.3 Å². The van der Waals surface area contributed by atoms with Gasteiger partial charge in [-0.25, -0.2) is 4.79 Å². The molecule has 0 radical (unpaired) electrons. The fourth-order valence-electron chi connectivity index (χ4n) is 2.19. The molecule has 22 heavy (non-hydrogen) atoms. The first-order valence-corrected chi connectivity index (χ1v) is 7.95. The third-order valence-electron chi connectivity index (χ3n) is 3.31. The second kappa shape index (κ2) is 6.37. The average Bonchev–Trinajstić information content (AvgIpc) is 3.02. The maximum Gasteiger partial charge on any atom is 0.325 e. The van der Waals surface area contributed by atoms with Crippen molar-refractivity contribution in [2.24, 2.45) is 10.9 Å². The van der Waals surface area contributed by atoms with Gasteiger partial charge in [0.1, 0.15) is 5.92 Å². The van der Waals surface area contributed by atoms with Gasteiger partial charge in [0.15, 0.2) is 12.3 Å². The van der Waals surface area contributed by atoms with Crippen LogP contribution in [0.1, 0.15) is 4.88 Å². The van der Waals surface area contributed by atoms with E-state index < -0.39 is 5.92 Å². The molecule has 2 aliphatic rings. The van der Waals surface area contributed by atoms with E-state index >= 15 is 0 Å². The van der Waals surface area contributed by atoms with Crippen molar-refractivity contribution in [2.45, 2.75) is 6.54 Å². The van der Waals surface area contributed by atoms with E-state index in [0.717, 1.165) is 4.88 Å². The van der Waals surface area contributed by atoms with Gasteiger partial charge in [0.05, 0.1) is 6.54 Å². The smallest absolute Gasteiger partial charge is 0.325 e. The van der Waals surface area contributed by atoms with E-state index in [1.54, 1.807) is 29.6 Å². The van der Waals surface area contributed by atoms with Gasteiger partial charge in [-0.05, 0) is 29.7 Å². The summed E-state index contributed by atoms with van der Waals surface area (Å²) in [5.41, 5.74) is 0.643. The zero-order valence-electron chi connectivity index (χ0n) is 11.5. The quantitative estimate of drug-likeness (QED) is 0.852. The Bertz CT molecular complexity index is 732. The van der Waals surface area contributed by atoms with Crippen LogP contribution in [0.5, 0.6) is 0 Å². The van der Waals surface area contributed by atoms with Gasteiger partial charge in [0, 0.05) is 9.91 Å². The Morgan fingerprint density at radius 2 is 2.32 bits per heavy atom. The fraction of sp³-hybridized carbons (Fsp3) is 0.200. The number of allylic oxidation sites excluding steroid dienone is 3. The first-order chi connectivity index (χ1) is 10.6. The van der Waals surface area contributed by atoms with Crippen LogP contribution in [0.25, 0.3) is 0 Å². The first-order valence-electron chi connectivity index (χ1n) is 6.69. The van der Waals surface area contributed by atoms with Gasteiger partial charge in [-0.2, -0.15) is 4.58 Å². The molecular weight excluding hydrogens is 322 g/mol. The predicted molar refractivity (Wildman–Crippen MR) is 86.4 cm³/mol. The minimum Gasteiger partial charge on any atom is -0.348 e. The normalized spacial score (nSPS) is 20.0. The lowest BCUT2D eigenvalue weighted by Crippen LogP contribution is -2.41. The summed E-state index contributed by atoms with van der Waals surface area (Å²) < 4.78 is 1.32. The molecule has 1 atom stereocenters. The number of carbonyl (C=O) groups is 2. The fourth-order valence-corrected chi connectivity index (χ4v) is 3.02. The van der Waals surface area contributed by atoms with Crippen LogP contribution in [0.2, 0.25) is 0 Å². The molecule has 1 aliphatic carbocycles. The summed E-state index contributed by atoms with van der Waals surface area (Å²) in [6.07, 6.45) is 6.46. The van der Waals surface area contributed by atoms with Crippen molar-refractivity contribution in [1.29, 1.82) is 0 Å². The number of hydrogen-bond acceptors (Lipinski definition) is 4. The third kappa shape index (κ3) is 3.23. The topological polar surface area (TPSA) is 61.5 Å². The van der Waals surface area contributed by atoms with E-state index in [2.05, 4.69) is 10.3 Å². The summed E-state index contributed by atoms with van der Waals surface area (Å²) in [4.78, 5) is 29.6. The van der Waals surface area contributed by atoms with Crippen molar-refractivity contribution >= 4 is 46.8 Å². The number of amides is 2. The van der Waals surface area contributed by atoms with E-state index in [1.165, 1.54) is 10.9 Å². The van der Waals surface area contributed by atoms with Crippen molar-refractivity contribution in [3.8, 4) is 0 Å². The molecule has 2 heterocycles. The van der Waals surface area contributed by atoms with Gasteiger partial charge in [-0.3, -0.25) is 4.79 Å². The molecule has 1 N–H and O–H groups in total. The number of nitrogens with one attached hydrogen (secondary N) is 1. The van der Waals surface area contributed by atoms with Crippen LogP contribution in [0, 0.1) is 5.92 Å². The standard InChI is InChI=1S/C15H12ClN3O2S/c16-10-3-4-13-12(6-10)15(21)19(9-18-13)8-14(20)17-7-11-2-1-5-22-11/h1-6,9,12H,7-8H2/p+1. The van der Waals surface area contributed by atoms with Crippen LogP contribution in [-0.2, 0) is 16.1 Å². The first kappa shape index (κ1) is 14.9. The number of fused-ring (bicyclic) bond motifs is 1. The molecule has 112 valence electrons.